The second-order valence-corrected chi connectivity index (χ2v) is 9.71. The molecule has 2 amide bonds. The lowest BCUT2D eigenvalue weighted by Crippen LogP contribution is -2.44. The van der Waals surface area contributed by atoms with E-state index in [0.717, 1.165) is 40.6 Å². The molecular formula is C26H32N4O4S. The van der Waals surface area contributed by atoms with E-state index in [4.69, 9.17) is 15.2 Å². The van der Waals surface area contributed by atoms with E-state index in [9.17, 15) is 9.59 Å². The Kier molecular flexibility index (Phi) is 8.17. The fourth-order valence-electron chi connectivity index (χ4n) is 4.42. The fourth-order valence-corrected chi connectivity index (χ4v) is 5.48. The molecule has 4 rings (SSSR count). The zero-order valence-corrected chi connectivity index (χ0v) is 21.1. The predicted octanol–water partition coefficient (Wildman–Crippen LogP) is 3.42. The Morgan fingerprint density at radius 1 is 1.17 bits per heavy atom. The van der Waals surface area contributed by atoms with Gasteiger partial charge < -0.3 is 20.1 Å². The van der Waals surface area contributed by atoms with E-state index in [1.54, 1.807) is 12.1 Å². The number of hydrazone groups is 1. The van der Waals surface area contributed by atoms with Crippen molar-refractivity contribution in [3.05, 3.63) is 53.6 Å². The number of primary amides is 1. The molecule has 9 heteroatoms. The van der Waals surface area contributed by atoms with Crippen molar-refractivity contribution in [3.63, 3.8) is 0 Å². The van der Waals surface area contributed by atoms with Crippen LogP contribution in [0.15, 0.2) is 47.6 Å². The van der Waals surface area contributed by atoms with Crippen LogP contribution in [0.5, 0.6) is 11.5 Å². The van der Waals surface area contributed by atoms with Crippen molar-refractivity contribution in [2.24, 2.45) is 10.8 Å². The highest BCUT2D eigenvalue weighted by atomic mass is 32.2. The number of ether oxygens (including phenoxy) is 2. The predicted molar refractivity (Wildman–Crippen MR) is 139 cm³/mol. The van der Waals surface area contributed by atoms with Gasteiger partial charge in [0.2, 0.25) is 11.8 Å². The first-order valence-corrected chi connectivity index (χ1v) is 13.0. The van der Waals surface area contributed by atoms with Gasteiger partial charge in [-0.1, -0.05) is 12.1 Å². The summed E-state index contributed by atoms with van der Waals surface area (Å²) in [6.07, 6.45) is 1.35. The number of nitrogens with zero attached hydrogens (tertiary/aromatic N) is 3. The minimum atomic E-state index is -0.276. The molecule has 1 saturated heterocycles. The lowest BCUT2D eigenvalue weighted by molar-refractivity contribution is -0.132. The van der Waals surface area contributed by atoms with Gasteiger partial charge in [0.25, 0.3) is 0 Å². The highest BCUT2D eigenvalue weighted by molar-refractivity contribution is 7.99. The quantitative estimate of drug-likeness (QED) is 0.571. The Hall–Kier alpha value is -3.20. The van der Waals surface area contributed by atoms with Crippen LogP contribution in [0, 0.1) is 0 Å². The summed E-state index contributed by atoms with van der Waals surface area (Å²) >= 11 is 1.85. The number of anilines is 1. The maximum Gasteiger partial charge on any atom is 0.243 e. The molecule has 0 radical (unpaired) electrons. The maximum atomic E-state index is 12.6. The number of amides is 2. The van der Waals surface area contributed by atoms with Crippen LogP contribution >= 0.6 is 11.8 Å². The molecule has 186 valence electrons. The first kappa shape index (κ1) is 24.9. The minimum Gasteiger partial charge on any atom is -0.493 e. The van der Waals surface area contributed by atoms with Crippen LogP contribution in [-0.4, -0.2) is 60.3 Å². The van der Waals surface area contributed by atoms with E-state index in [1.165, 1.54) is 0 Å². The summed E-state index contributed by atoms with van der Waals surface area (Å²) in [5.74, 6) is 2.98. The van der Waals surface area contributed by atoms with Gasteiger partial charge in [-0.15, -0.1) is 0 Å². The molecule has 8 nitrogen and oxygen atoms in total. The molecule has 2 N–H and O–H groups in total. The molecular weight excluding hydrogens is 464 g/mol. The van der Waals surface area contributed by atoms with Gasteiger partial charge in [0, 0.05) is 54.6 Å². The number of thioether (sulfide) groups is 1. The number of carbonyl (C=O) groups excluding carboxylic acids is 2. The molecule has 0 saturated carbocycles. The van der Waals surface area contributed by atoms with Crippen molar-refractivity contribution < 1.29 is 19.1 Å². The van der Waals surface area contributed by atoms with Crippen LogP contribution in [0.4, 0.5) is 5.69 Å². The normalized spacial score (nSPS) is 18.3. The average Bonchev–Trinajstić information content (AvgIpc) is 2.86. The molecule has 35 heavy (non-hydrogen) atoms. The van der Waals surface area contributed by atoms with Crippen LogP contribution in [-0.2, 0) is 16.1 Å². The lowest BCUT2D eigenvalue weighted by atomic mass is 10.0. The lowest BCUT2D eigenvalue weighted by Gasteiger charge is -2.36. The van der Waals surface area contributed by atoms with Gasteiger partial charge in [-0.05, 0) is 42.8 Å². The van der Waals surface area contributed by atoms with Gasteiger partial charge in [-0.2, -0.15) is 16.9 Å². The number of hydrogen-bond donors (Lipinski definition) is 1. The van der Waals surface area contributed by atoms with Crippen molar-refractivity contribution in [2.45, 2.75) is 38.8 Å². The van der Waals surface area contributed by atoms with E-state index in [1.807, 2.05) is 49.0 Å². The molecule has 2 aromatic rings. The third-order valence-corrected chi connectivity index (χ3v) is 7.26. The van der Waals surface area contributed by atoms with Gasteiger partial charge in [0.05, 0.1) is 26.0 Å². The first-order chi connectivity index (χ1) is 17.0. The van der Waals surface area contributed by atoms with Crippen molar-refractivity contribution in [3.8, 4) is 11.5 Å². The van der Waals surface area contributed by atoms with E-state index in [0.29, 0.717) is 43.9 Å². The number of rotatable bonds is 9. The van der Waals surface area contributed by atoms with Crippen LogP contribution in [0.25, 0.3) is 0 Å². The molecule has 2 heterocycles. The van der Waals surface area contributed by atoms with Gasteiger partial charge in [-0.25, -0.2) is 5.01 Å². The standard InChI is InChI=1S/C26H32N4O4S/c1-3-34-24-14-19(6-10-23(24)33-2)22-9-11-26(32)30(28-22)16-18-4-7-20(8-5-18)29-12-13-35-17-21(29)15-25(27)31/h4-8,10,14,21H,3,9,11-13,15-17H2,1-2H3,(H2,27,31). The summed E-state index contributed by atoms with van der Waals surface area (Å²) < 4.78 is 11.1. The SMILES string of the molecule is CCOc1cc(C2=NN(Cc3ccc(N4CCSCC4CC(N)=O)cc3)C(=O)CC2)ccc1OC. The second-order valence-electron chi connectivity index (χ2n) is 8.56. The molecule has 1 atom stereocenters. The first-order valence-electron chi connectivity index (χ1n) is 11.9. The van der Waals surface area contributed by atoms with Crippen molar-refractivity contribution >= 4 is 35.0 Å². The van der Waals surface area contributed by atoms with Crippen LogP contribution < -0.4 is 20.1 Å². The van der Waals surface area contributed by atoms with Crippen LogP contribution in [0.1, 0.15) is 37.3 Å². The number of methoxy groups -OCH3 is 1. The summed E-state index contributed by atoms with van der Waals surface area (Å²) in [7, 11) is 1.61. The fraction of sp³-hybridized carbons (Fsp3) is 0.423. The molecule has 0 aliphatic carbocycles. The summed E-state index contributed by atoms with van der Waals surface area (Å²) in [6, 6.07) is 14.0. The molecule has 2 aliphatic heterocycles. The highest BCUT2D eigenvalue weighted by Crippen LogP contribution is 2.30. The Bertz CT molecular complexity index is 1090. The third kappa shape index (κ3) is 6.08. The molecule has 0 spiro atoms. The summed E-state index contributed by atoms with van der Waals surface area (Å²) in [4.78, 5) is 26.4. The van der Waals surface area contributed by atoms with Gasteiger partial charge >= 0.3 is 0 Å². The minimum absolute atomic E-state index is 0.00551. The number of carbonyl (C=O) groups is 2. The molecule has 0 aromatic heterocycles. The van der Waals surface area contributed by atoms with Crippen molar-refractivity contribution in [1.82, 2.24) is 5.01 Å². The van der Waals surface area contributed by atoms with Gasteiger partial charge in [0.15, 0.2) is 11.5 Å². The molecule has 2 aromatic carbocycles. The molecule has 1 fully saturated rings. The van der Waals surface area contributed by atoms with Crippen LogP contribution in [0.3, 0.4) is 0 Å². The van der Waals surface area contributed by atoms with Crippen molar-refractivity contribution in [1.29, 1.82) is 0 Å². The van der Waals surface area contributed by atoms with Crippen molar-refractivity contribution in [2.75, 3.05) is 36.7 Å². The summed E-state index contributed by atoms with van der Waals surface area (Å²) in [5.41, 5.74) is 9.29. The topological polar surface area (TPSA) is 97.5 Å². The summed E-state index contributed by atoms with van der Waals surface area (Å²) in [6.45, 7) is 3.74. The Labute approximate surface area is 210 Å². The van der Waals surface area contributed by atoms with Gasteiger partial charge in [-0.3, -0.25) is 9.59 Å². The molecule has 2 aliphatic rings. The Balaban J connectivity index is 1.49. The second kappa shape index (κ2) is 11.5. The van der Waals surface area contributed by atoms with E-state index in [-0.39, 0.29) is 17.9 Å². The zero-order valence-electron chi connectivity index (χ0n) is 20.2. The molecule has 0 bridgehead atoms. The number of benzene rings is 2. The third-order valence-electron chi connectivity index (χ3n) is 6.17. The summed E-state index contributed by atoms with van der Waals surface area (Å²) in [5, 5.41) is 6.23. The Morgan fingerprint density at radius 2 is 1.97 bits per heavy atom. The van der Waals surface area contributed by atoms with E-state index >= 15 is 0 Å². The Morgan fingerprint density at radius 3 is 2.69 bits per heavy atom. The average molecular weight is 497 g/mol. The van der Waals surface area contributed by atoms with Gasteiger partial charge in [0.1, 0.15) is 0 Å². The number of nitrogens with two attached hydrogens (primary N) is 1. The molecule has 1 unspecified atom stereocenters. The highest BCUT2D eigenvalue weighted by Gasteiger charge is 2.25. The number of hydrogen-bond acceptors (Lipinski definition) is 7. The smallest absolute Gasteiger partial charge is 0.243 e. The monoisotopic (exact) mass is 496 g/mol. The van der Waals surface area contributed by atoms with Crippen LogP contribution in [0.2, 0.25) is 0 Å². The van der Waals surface area contributed by atoms with E-state index < -0.39 is 0 Å². The largest absolute Gasteiger partial charge is 0.493 e. The maximum absolute atomic E-state index is 12.6. The van der Waals surface area contributed by atoms with E-state index in [2.05, 4.69) is 22.1 Å². The zero-order chi connectivity index (χ0) is 24.8.